The average molecular weight is 384 g/mol. The van der Waals surface area contributed by atoms with Crippen LogP contribution in [0, 0.1) is 5.82 Å². The zero-order valence-corrected chi connectivity index (χ0v) is 14.4. The molecule has 0 unspecified atom stereocenters. The van der Waals surface area contributed by atoms with E-state index in [1.54, 1.807) is 12.1 Å². The lowest BCUT2D eigenvalue weighted by Gasteiger charge is -2.20. The van der Waals surface area contributed by atoms with Crippen LogP contribution in [0.3, 0.4) is 0 Å². The molecule has 1 amide bonds. The van der Waals surface area contributed by atoms with E-state index < -0.39 is 0 Å². The van der Waals surface area contributed by atoms with E-state index in [1.807, 2.05) is 0 Å². The van der Waals surface area contributed by atoms with Crippen LogP contribution < -0.4 is 5.32 Å². The molecule has 0 saturated carbocycles. The Morgan fingerprint density at radius 1 is 1.55 bits per heavy atom. The van der Waals surface area contributed by atoms with Gasteiger partial charge in [0.15, 0.2) is 5.13 Å². The molecule has 3 rings (SSSR count). The van der Waals surface area contributed by atoms with E-state index in [0.717, 1.165) is 29.7 Å². The Hall–Kier alpha value is -1.31. The summed E-state index contributed by atoms with van der Waals surface area (Å²) < 4.78 is 14.4. The molecule has 1 aromatic carbocycles. The van der Waals surface area contributed by atoms with Gasteiger partial charge >= 0.3 is 0 Å². The Balaban J connectivity index is 1.68. The molecule has 1 aliphatic rings. The van der Waals surface area contributed by atoms with Gasteiger partial charge in [-0.05, 0) is 30.8 Å². The fourth-order valence-corrected chi connectivity index (χ4v) is 3.90. The minimum atomic E-state index is -0.376. The van der Waals surface area contributed by atoms with Crippen LogP contribution in [0.2, 0.25) is 0 Å². The summed E-state index contributed by atoms with van der Waals surface area (Å²) >= 11 is 4.78. The molecule has 0 aliphatic carbocycles. The second-order valence-electron chi connectivity index (χ2n) is 5.34. The lowest BCUT2D eigenvalue weighted by Crippen LogP contribution is -2.25. The molecule has 2 heterocycles. The number of carbonyl (C=O) groups is 1. The van der Waals surface area contributed by atoms with Gasteiger partial charge in [0, 0.05) is 28.9 Å². The fraction of sp³-hybridized carbons (Fsp3) is 0.333. The first-order chi connectivity index (χ1) is 10.5. The number of fused-ring (bicyclic) bond motifs is 1. The number of halogens is 2. The van der Waals surface area contributed by atoms with Crippen molar-refractivity contribution in [1.29, 1.82) is 0 Å². The van der Waals surface area contributed by atoms with Crippen LogP contribution in [0.5, 0.6) is 0 Å². The predicted molar refractivity (Wildman–Crippen MR) is 88.6 cm³/mol. The van der Waals surface area contributed by atoms with Crippen LogP contribution in [0.1, 0.15) is 16.1 Å². The monoisotopic (exact) mass is 383 g/mol. The molecule has 0 spiro atoms. The van der Waals surface area contributed by atoms with Crippen molar-refractivity contribution >= 4 is 38.3 Å². The normalized spacial score (nSPS) is 14.7. The number of anilines is 1. The number of thiazole rings is 1. The average Bonchev–Trinajstić information content (AvgIpc) is 2.84. The van der Waals surface area contributed by atoms with Crippen molar-refractivity contribution < 1.29 is 9.18 Å². The Morgan fingerprint density at radius 2 is 2.36 bits per heavy atom. The van der Waals surface area contributed by atoms with Crippen LogP contribution in [0.15, 0.2) is 22.7 Å². The van der Waals surface area contributed by atoms with Crippen LogP contribution in [0.4, 0.5) is 9.52 Å². The SMILES string of the molecule is CN1CCc2nc(NC(=O)Cc3cc(Br)ccc3F)sc2C1. The van der Waals surface area contributed by atoms with Crippen molar-refractivity contribution in [2.45, 2.75) is 19.4 Å². The number of nitrogens with zero attached hydrogens (tertiary/aromatic N) is 2. The zero-order valence-electron chi connectivity index (χ0n) is 12.0. The number of hydrogen-bond donors (Lipinski definition) is 1. The zero-order chi connectivity index (χ0) is 15.7. The van der Waals surface area contributed by atoms with Crippen LogP contribution in [0.25, 0.3) is 0 Å². The summed E-state index contributed by atoms with van der Waals surface area (Å²) in [5, 5.41) is 3.37. The third kappa shape index (κ3) is 3.53. The van der Waals surface area contributed by atoms with Crippen LogP contribution in [-0.2, 0) is 24.2 Å². The van der Waals surface area contributed by atoms with E-state index in [2.05, 4.69) is 38.2 Å². The molecule has 1 aliphatic heterocycles. The molecule has 0 saturated heterocycles. The highest BCUT2D eigenvalue weighted by molar-refractivity contribution is 9.10. The summed E-state index contributed by atoms with van der Waals surface area (Å²) in [6, 6.07) is 4.59. The minimum absolute atomic E-state index is 0.00454. The van der Waals surface area contributed by atoms with Crippen molar-refractivity contribution in [3.8, 4) is 0 Å². The molecule has 0 radical (unpaired) electrons. The van der Waals surface area contributed by atoms with Crippen LogP contribution in [-0.4, -0.2) is 29.4 Å². The molecular formula is C15H15BrFN3OS. The Labute approximate surface area is 140 Å². The molecule has 1 N–H and O–H groups in total. The molecule has 2 aromatic rings. The molecule has 0 bridgehead atoms. The van der Waals surface area contributed by atoms with E-state index in [9.17, 15) is 9.18 Å². The highest BCUT2D eigenvalue weighted by atomic mass is 79.9. The van der Waals surface area contributed by atoms with E-state index in [-0.39, 0.29) is 18.1 Å². The first-order valence-corrected chi connectivity index (χ1v) is 8.53. The van der Waals surface area contributed by atoms with Gasteiger partial charge < -0.3 is 10.2 Å². The fourth-order valence-electron chi connectivity index (χ4n) is 2.39. The van der Waals surface area contributed by atoms with E-state index in [4.69, 9.17) is 0 Å². The highest BCUT2D eigenvalue weighted by Crippen LogP contribution is 2.27. The molecule has 22 heavy (non-hydrogen) atoms. The van der Waals surface area contributed by atoms with Crippen molar-refractivity contribution in [3.05, 3.63) is 44.6 Å². The Kier molecular flexibility index (Phi) is 4.56. The summed E-state index contributed by atoms with van der Waals surface area (Å²) in [6.45, 7) is 1.84. The summed E-state index contributed by atoms with van der Waals surface area (Å²) in [4.78, 5) is 20.0. The van der Waals surface area contributed by atoms with Gasteiger partial charge in [0.25, 0.3) is 0 Å². The maximum absolute atomic E-state index is 13.7. The van der Waals surface area contributed by atoms with Gasteiger partial charge in [-0.25, -0.2) is 9.37 Å². The maximum Gasteiger partial charge on any atom is 0.230 e. The number of amides is 1. The summed E-state index contributed by atoms with van der Waals surface area (Å²) in [6.07, 6.45) is 0.897. The molecule has 4 nitrogen and oxygen atoms in total. The highest BCUT2D eigenvalue weighted by Gasteiger charge is 2.19. The number of benzene rings is 1. The molecule has 0 atom stereocenters. The Bertz CT molecular complexity index is 719. The maximum atomic E-state index is 13.7. The number of aromatic nitrogens is 1. The lowest BCUT2D eigenvalue weighted by molar-refractivity contribution is -0.115. The van der Waals surface area contributed by atoms with Crippen molar-refractivity contribution in [2.75, 3.05) is 18.9 Å². The van der Waals surface area contributed by atoms with Gasteiger partial charge in [0.1, 0.15) is 5.82 Å². The van der Waals surface area contributed by atoms with Gasteiger partial charge in [0.05, 0.1) is 12.1 Å². The molecule has 1 aromatic heterocycles. The first-order valence-electron chi connectivity index (χ1n) is 6.92. The quantitative estimate of drug-likeness (QED) is 0.884. The minimum Gasteiger partial charge on any atom is -0.302 e. The van der Waals surface area contributed by atoms with Gasteiger partial charge in [-0.15, -0.1) is 11.3 Å². The number of rotatable bonds is 3. The molecule has 0 fully saturated rings. The van der Waals surface area contributed by atoms with E-state index in [1.165, 1.54) is 22.3 Å². The van der Waals surface area contributed by atoms with Crippen molar-refractivity contribution in [3.63, 3.8) is 0 Å². The van der Waals surface area contributed by atoms with Gasteiger partial charge in [-0.1, -0.05) is 15.9 Å². The van der Waals surface area contributed by atoms with E-state index in [0.29, 0.717) is 10.7 Å². The summed E-state index contributed by atoms with van der Waals surface area (Å²) in [5.74, 6) is -0.630. The smallest absolute Gasteiger partial charge is 0.230 e. The standard InChI is InChI=1S/C15H15BrFN3OS/c1-20-5-4-12-13(8-20)22-15(18-12)19-14(21)7-9-6-10(16)2-3-11(9)17/h2-3,6H,4-5,7-8H2,1H3,(H,18,19,21). The molecular weight excluding hydrogens is 369 g/mol. The molecule has 116 valence electrons. The summed E-state index contributed by atoms with van der Waals surface area (Å²) in [7, 11) is 2.07. The number of likely N-dealkylation sites (N-methyl/N-ethyl adjacent to an activating group) is 1. The topological polar surface area (TPSA) is 45.2 Å². The number of carbonyl (C=O) groups excluding carboxylic acids is 1. The third-order valence-corrected chi connectivity index (χ3v) is 5.02. The first kappa shape index (κ1) is 15.6. The number of hydrogen-bond acceptors (Lipinski definition) is 4. The Morgan fingerprint density at radius 3 is 3.18 bits per heavy atom. The largest absolute Gasteiger partial charge is 0.302 e. The van der Waals surface area contributed by atoms with E-state index >= 15 is 0 Å². The van der Waals surface area contributed by atoms with Gasteiger partial charge in [0.2, 0.25) is 5.91 Å². The predicted octanol–water partition coefficient (Wildman–Crippen LogP) is 3.21. The summed E-state index contributed by atoms with van der Waals surface area (Å²) in [5.41, 5.74) is 1.43. The lowest BCUT2D eigenvalue weighted by atomic mass is 10.1. The molecule has 7 heteroatoms. The van der Waals surface area contributed by atoms with Crippen molar-refractivity contribution in [1.82, 2.24) is 9.88 Å². The third-order valence-electron chi connectivity index (χ3n) is 3.53. The second-order valence-corrected chi connectivity index (χ2v) is 7.34. The van der Waals surface area contributed by atoms with Crippen LogP contribution >= 0.6 is 27.3 Å². The van der Waals surface area contributed by atoms with Crippen molar-refractivity contribution in [2.24, 2.45) is 0 Å². The van der Waals surface area contributed by atoms with Gasteiger partial charge in [-0.3, -0.25) is 4.79 Å². The number of nitrogens with one attached hydrogen (secondary N) is 1. The van der Waals surface area contributed by atoms with Gasteiger partial charge in [-0.2, -0.15) is 0 Å². The second kappa shape index (κ2) is 6.44.